The van der Waals surface area contributed by atoms with Gasteiger partial charge in [-0.25, -0.2) is 13.1 Å². The molecule has 0 saturated carbocycles. The molecule has 0 aromatic heterocycles. The van der Waals surface area contributed by atoms with Crippen molar-refractivity contribution in [2.24, 2.45) is 5.92 Å². The van der Waals surface area contributed by atoms with E-state index in [-0.39, 0.29) is 31.1 Å². The van der Waals surface area contributed by atoms with Crippen molar-refractivity contribution >= 4 is 16.0 Å². The van der Waals surface area contributed by atoms with E-state index < -0.39 is 22.1 Å². The third-order valence-electron chi connectivity index (χ3n) is 2.09. The number of hydrogen-bond acceptors (Lipinski definition) is 4. The third-order valence-corrected chi connectivity index (χ3v) is 3.52. The first-order chi connectivity index (χ1) is 7.24. The second-order valence-electron chi connectivity index (χ2n) is 3.98. The Morgan fingerprint density at radius 1 is 1.38 bits per heavy atom. The van der Waals surface area contributed by atoms with Crippen LogP contribution in [0.3, 0.4) is 0 Å². The molecule has 0 aliphatic carbocycles. The third kappa shape index (κ3) is 7.61. The maximum Gasteiger partial charge on any atom is 0.303 e. The molecule has 0 radical (unpaired) electrons. The summed E-state index contributed by atoms with van der Waals surface area (Å²) in [5, 5.41) is 17.7. The van der Waals surface area contributed by atoms with Crippen LogP contribution in [0.15, 0.2) is 0 Å². The van der Waals surface area contributed by atoms with Gasteiger partial charge in [-0.05, 0) is 12.3 Å². The topological polar surface area (TPSA) is 104 Å². The number of rotatable bonds is 8. The predicted octanol–water partition coefficient (Wildman–Crippen LogP) is -0.212. The summed E-state index contributed by atoms with van der Waals surface area (Å²) in [5.74, 6) is -1.27. The van der Waals surface area contributed by atoms with Gasteiger partial charge in [-0.3, -0.25) is 4.79 Å². The molecule has 0 aliphatic rings. The average molecular weight is 253 g/mol. The smallest absolute Gasteiger partial charge is 0.303 e. The highest BCUT2D eigenvalue weighted by Crippen LogP contribution is 2.01. The van der Waals surface area contributed by atoms with Crippen molar-refractivity contribution in [1.82, 2.24) is 4.72 Å². The molecule has 0 heterocycles. The van der Waals surface area contributed by atoms with E-state index in [0.29, 0.717) is 0 Å². The van der Waals surface area contributed by atoms with Crippen LogP contribution < -0.4 is 4.72 Å². The van der Waals surface area contributed by atoms with Gasteiger partial charge >= 0.3 is 5.97 Å². The number of carboxylic acids is 1. The average Bonchev–Trinajstić information content (AvgIpc) is 2.13. The van der Waals surface area contributed by atoms with Crippen molar-refractivity contribution in [2.75, 3.05) is 12.3 Å². The fourth-order valence-electron chi connectivity index (χ4n) is 0.934. The quantitative estimate of drug-likeness (QED) is 0.555. The SMILES string of the molecule is CC(C)C(O)CNS(=O)(=O)CCCC(=O)O. The van der Waals surface area contributed by atoms with Gasteiger partial charge in [0.15, 0.2) is 0 Å². The van der Waals surface area contributed by atoms with Gasteiger partial charge in [0.05, 0.1) is 11.9 Å². The summed E-state index contributed by atoms with van der Waals surface area (Å²) in [4.78, 5) is 10.2. The van der Waals surface area contributed by atoms with Crippen LogP contribution in [0.5, 0.6) is 0 Å². The zero-order valence-corrected chi connectivity index (χ0v) is 10.3. The van der Waals surface area contributed by atoms with Crippen LogP contribution in [-0.2, 0) is 14.8 Å². The van der Waals surface area contributed by atoms with Crippen molar-refractivity contribution in [1.29, 1.82) is 0 Å². The number of nitrogens with one attached hydrogen (secondary N) is 1. The Labute approximate surface area is 95.7 Å². The van der Waals surface area contributed by atoms with Gasteiger partial charge in [0.2, 0.25) is 10.0 Å². The van der Waals surface area contributed by atoms with Crippen LogP contribution in [-0.4, -0.2) is 43.0 Å². The van der Waals surface area contributed by atoms with Gasteiger partial charge in [-0.2, -0.15) is 0 Å². The molecule has 0 bridgehead atoms. The molecular formula is C9H19NO5S. The van der Waals surface area contributed by atoms with Crippen LogP contribution in [0.1, 0.15) is 26.7 Å². The lowest BCUT2D eigenvalue weighted by Crippen LogP contribution is -2.36. The summed E-state index contributed by atoms with van der Waals surface area (Å²) in [7, 11) is -3.48. The van der Waals surface area contributed by atoms with Crippen LogP contribution in [0, 0.1) is 5.92 Å². The van der Waals surface area contributed by atoms with E-state index in [1.165, 1.54) is 0 Å². The van der Waals surface area contributed by atoms with Crippen LogP contribution in [0.4, 0.5) is 0 Å². The second kappa shape index (κ2) is 6.82. The Hall–Kier alpha value is -0.660. The highest BCUT2D eigenvalue weighted by atomic mass is 32.2. The molecule has 6 nitrogen and oxygen atoms in total. The number of aliphatic hydroxyl groups excluding tert-OH is 1. The van der Waals surface area contributed by atoms with E-state index in [4.69, 9.17) is 5.11 Å². The Morgan fingerprint density at radius 2 is 1.94 bits per heavy atom. The number of carbonyl (C=O) groups is 1. The summed E-state index contributed by atoms with van der Waals surface area (Å²) in [6.45, 7) is 3.53. The zero-order valence-electron chi connectivity index (χ0n) is 9.51. The normalized spacial score (nSPS) is 14.0. The molecule has 1 unspecified atom stereocenters. The van der Waals surface area contributed by atoms with Gasteiger partial charge in [0.25, 0.3) is 0 Å². The predicted molar refractivity (Wildman–Crippen MR) is 59.5 cm³/mol. The molecule has 0 amide bonds. The first-order valence-corrected chi connectivity index (χ1v) is 6.77. The first kappa shape index (κ1) is 15.3. The van der Waals surface area contributed by atoms with E-state index in [1.54, 1.807) is 13.8 Å². The fraction of sp³-hybridized carbons (Fsp3) is 0.889. The molecule has 0 aliphatic heterocycles. The molecule has 0 spiro atoms. The van der Waals surface area contributed by atoms with Crippen LogP contribution in [0.2, 0.25) is 0 Å². The minimum Gasteiger partial charge on any atom is -0.481 e. The summed E-state index contributed by atoms with van der Waals surface area (Å²) < 4.78 is 24.9. The molecule has 0 aromatic carbocycles. The number of sulfonamides is 1. The second-order valence-corrected chi connectivity index (χ2v) is 5.90. The minimum atomic E-state index is -3.48. The summed E-state index contributed by atoms with van der Waals surface area (Å²) >= 11 is 0. The van der Waals surface area contributed by atoms with Crippen LogP contribution >= 0.6 is 0 Å². The van der Waals surface area contributed by atoms with E-state index in [1.807, 2.05) is 0 Å². The van der Waals surface area contributed by atoms with E-state index in [0.717, 1.165) is 0 Å². The lowest BCUT2D eigenvalue weighted by atomic mass is 10.1. The number of aliphatic carboxylic acids is 1. The molecule has 3 N–H and O–H groups in total. The van der Waals surface area contributed by atoms with Crippen LogP contribution in [0.25, 0.3) is 0 Å². The molecule has 7 heteroatoms. The molecule has 0 rings (SSSR count). The Bertz CT molecular complexity index is 312. The molecular weight excluding hydrogens is 234 g/mol. The largest absolute Gasteiger partial charge is 0.481 e. The lowest BCUT2D eigenvalue weighted by Gasteiger charge is -2.14. The maximum absolute atomic E-state index is 11.3. The summed E-state index contributed by atoms with van der Waals surface area (Å²) in [6.07, 6.45) is -0.829. The molecule has 0 saturated heterocycles. The van der Waals surface area contributed by atoms with Gasteiger partial charge in [-0.15, -0.1) is 0 Å². The van der Waals surface area contributed by atoms with Gasteiger partial charge < -0.3 is 10.2 Å². The molecule has 0 fully saturated rings. The molecule has 16 heavy (non-hydrogen) atoms. The molecule has 0 aromatic rings. The van der Waals surface area contributed by atoms with Crippen molar-refractivity contribution in [2.45, 2.75) is 32.8 Å². The van der Waals surface area contributed by atoms with Gasteiger partial charge in [0, 0.05) is 13.0 Å². The van der Waals surface area contributed by atoms with E-state index in [2.05, 4.69) is 4.72 Å². The summed E-state index contributed by atoms with van der Waals surface area (Å²) in [5.41, 5.74) is 0. The number of hydrogen-bond donors (Lipinski definition) is 3. The van der Waals surface area contributed by atoms with E-state index in [9.17, 15) is 18.3 Å². The van der Waals surface area contributed by atoms with Crippen molar-refractivity contribution in [3.63, 3.8) is 0 Å². The fourth-order valence-corrected chi connectivity index (χ4v) is 2.03. The number of carboxylic acid groups (broad SMARTS) is 1. The maximum atomic E-state index is 11.3. The van der Waals surface area contributed by atoms with Crippen molar-refractivity contribution in [3.8, 4) is 0 Å². The van der Waals surface area contributed by atoms with Gasteiger partial charge in [-0.1, -0.05) is 13.8 Å². The highest BCUT2D eigenvalue weighted by Gasteiger charge is 2.15. The zero-order chi connectivity index (χ0) is 12.8. The molecule has 1 atom stereocenters. The lowest BCUT2D eigenvalue weighted by molar-refractivity contribution is -0.137. The number of aliphatic hydroxyl groups is 1. The summed E-state index contributed by atoms with van der Waals surface area (Å²) in [6, 6.07) is 0. The monoisotopic (exact) mass is 253 g/mol. The first-order valence-electron chi connectivity index (χ1n) is 5.12. The van der Waals surface area contributed by atoms with Crippen molar-refractivity contribution < 1.29 is 23.4 Å². The molecule has 96 valence electrons. The Kier molecular flexibility index (Phi) is 6.54. The minimum absolute atomic E-state index is 0.0262. The standard InChI is InChI=1S/C9H19NO5S/c1-7(2)8(11)6-10-16(14,15)5-3-4-9(12)13/h7-8,10-11H,3-6H2,1-2H3,(H,12,13). The highest BCUT2D eigenvalue weighted by molar-refractivity contribution is 7.89. The van der Waals surface area contributed by atoms with Gasteiger partial charge in [0.1, 0.15) is 0 Å². The van der Waals surface area contributed by atoms with Crippen molar-refractivity contribution in [3.05, 3.63) is 0 Å². The Morgan fingerprint density at radius 3 is 2.38 bits per heavy atom. The Balaban J connectivity index is 3.92. The van der Waals surface area contributed by atoms with E-state index >= 15 is 0 Å².